The SMILES string of the molecule is COC(=O)C1(C(C)C)CCC(OC)(OC)C1. The van der Waals surface area contributed by atoms with E-state index in [9.17, 15) is 4.79 Å². The van der Waals surface area contributed by atoms with Crippen LogP contribution in [-0.4, -0.2) is 33.1 Å². The van der Waals surface area contributed by atoms with Gasteiger partial charge in [0.05, 0.1) is 12.5 Å². The zero-order valence-corrected chi connectivity index (χ0v) is 10.8. The molecule has 1 saturated carbocycles. The quantitative estimate of drug-likeness (QED) is 0.547. The van der Waals surface area contributed by atoms with Gasteiger partial charge in [-0.15, -0.1) is 0 Å². The van der Waals surface area contributed by atoms with E-state index in [1.54, 1.807) is 14.2 Å². The number of esters is 1. The average molecular weight is 230 g/mol. The van der Waals surface area contributed by atoms with E-state index in [-0.39, 0.29) is 11.9 Å². The summed E-state index contributed by atoms with van der Waals surface area (Å²) in [6.45, 7) is 4.08. The molecule has 4 nitrogen and oxygen atoms in total. The lowest BCUT2D eigenvalue weighted by Crippen LogP contribution is -2.39. The highest BCUT2D eigenvalue weighted by atomic mass is 16.7. The molecule has 0 aromatic carbocycles. The van der Waals surface area contributed by atoms with Gasteiger partial charge in [-0.05, 0) is 12.3 Å². The van der Waals surface area contributed by atoms with Gasteiger partial charge in [0.2, 0.25) is 0 Å². The van der Waals surface area contributed by atoms with Crippen LogP contribution in [0.3, 0.4) is 0 Å². The Morgan fingerprint density at radius 1 is 1.12 bits per heavy atom. The monoisotopic (exact) mass is 230 g/mol. The minimum Gasteiger partial charge on any atom is -0.469 e. The summed E-state index contributed by atoms with van der Waals surface area (Å²) in [4.78, 5) is 12.0. The number of ether oxygens (including phenoxy) is 3. The van der Waals surface area contributed by atoms with Crippen molar-refractivity contribution in [3.05, 3.63) is 0 Å². The molecule has 1 fully saturated rings. The lowest BCUT2D eigenvalue weighted by atomic mass is 9.75. The number of hydrogen-bond acceptors (Lipinski definition) is 4. The molecule has 1 unspecified atom stereocenters. The first kappa shape index (κ1) is 13.5. The predicted octanol–water partition coefficient (Wildman–Crippen LogP) is 1.97. The minimum atomic E-state index is -0.627. The van der Waals surface area contributed by atoms with Crippen LogP contribution in [0.2, 0.25) is 0 Å². The summed E-state index contributed by atoms with van der Waals surface area (Å²) in [6, 6.07) is 0. The lowest BCUT2D eigenvalue weighted by Gasteiger charge is -2.33. The Bertz CT molecular complexity index is 258. The molecule has 0 bridgehead atoms. The Hall–Kier alpha value is -0.610. The van der Waals surface area contributed by atoms with Gasteiger partial charge in [0.15, 0.2) is 5.79 Å². The molecule has 0 aromatic rings. The van der Waals surface area contributed by atoms with E-state index in [4.69, 9.17) is 14.2 Å². The Labute approximate surface area is 97.2 Å². The summed E-state index contributed by atoms with van der Waals surface area (Å²) >= 11 is 0. The van der Waals surface area contributed by atoms with Gasteiger partial charge < -0.3 is 14.2 Å². The van der Waals surface area contributed by atoms with Gasteiger partial charge in [-0.1, -0.05) is 13.8 Å². The minimum absolute atomic E-state index is 0.154. The van der Waals surface area contributed by atoms with Gasteiger partial charge in [-0.3, -0.25) is 4.79 Å². The third kappa shape index (κ3) is 1.96. The van der Waals surface area contributed by atoms with Crippen molar-refractivity contribution in [2.24, 2.45) is 11.3 Å². The van der Waals surface area contributed by atoms with Crippen molar-refractivity contribution in [2.45, 2.75) is 38.9 Å². The Morgan fingerprint density at radius 2 is 1.69 bits per heavy atom. The molecule has 0 spiro atoms. The van der Waals surface area contributed by atoms with Crippen LogP contribution < -0.4 is 0 Å². The van der Waals surface area contributed by atoms with E-state index in [1.807, 2.05) is 13.8 Å². The van der Waals surface area contributed by atoms with Crippen LogP contribution in [-0.2, 0) is 19.0 Å². The Kier molecular flexibility index (Phi) is 3.97. The highest BCUT2D eigenvalue weighted by Crippen LogP contribution is 2.51. The molecule has 1 rings (SSSR count). The molecule has 4 heteroatoms. The second-order valence-electron chi connectivity index (χ2n) is 4.80. The molecule has 0 heterocycles. The van der Waals surface area contributed by atoms with E-state index in [0.717, 1.165) is 12.8 Å². The van der Waals surface area contributed by atoms with Gasteiger partial charge in [-0.2, -0.15) is 0 Å². The first-order valence-electron chi connectivity index (χ1n) is 5.65. The maximum Gasteiger partial charge on any atom is 0.312 e. The van der Waals surface area contributed by atoms with E-state index in [0.29, 0.717) is 6.42 Å². The van der Waals surface area contributed by atoms with Crippen LogP contribution in [0.15, 0.2) is 0 Å². The average Bonchev–Trinajstić information content (AvgIpc) is 2.70. The van der Waals surface area contributed by atoms with Crippen molar-refractivity contribution in [3.8, 4) is 0 Å². The van der Waals surface area contributed by atoms with E-state index in [1.165, 1.54) is 7.11 Å². The van der Waals surface area contributed by atoms with Gasteiger partial charge in [0.1, 0.15) is 0 Å². The van der Waals surface area contributed by atoms with Crippen LogP contribution in [0.4, 0.5) is 0 Å². The molecule has 0 aromatic heterocycles. The number of hydrogen-bond donors (Lipinski definition) is 0. The van der Waals surface area contributed by atoms with E-state index in [2.05, 4.69) is 0 Å². The van der Waals surface area contributed by atoms with Crippen molar-refractivity contribution in [2.75, 3.05) is 21.3 Å². The summed E-state index contributed by atoms with van der Waals surface area (Å²) in [5.41, 5.74) is -0.471. The largest absolute Gasteiger partial charge is 0.469 e. The Balaban J connectivity index is 2.96. The fraction of sp³-hybridized carbons (Fsp3) is 0.917. The number of methoxy groups -OCH3 is 3. The molecule has 0 saturated heterocycles. The first-order valence-corrected chi connectivity index (χ1v) is 5.65. The van der Waals surface area contributed by atoms with E-state index < -0.39 is 11.2 Å². The van der Waals surface area contributed by atoms with Crippen LogP contribution in [0, 0.1) is 11.3 Å². The zero-order chi connectivity index (χ0) is 12.4. The van der Waals surface area contributed by atoms with Crippen LogP contribution >= 0.6 is 0 Å². The van der Waals surface area contributed by atoms with Crippen LogP contribution in [0.25, 0.3) is 0 Å². The second-order valence-corrected chi connectivity index (χ2v) is 4.80. The first-order chi connectivity index (χ1) is 7.46. The molecule has 94 valence electrons. The third-order valence-electron chi connectivity index (χ3n) is 3.98. The van der Waals surface area contributed by atoms with Gasteiger partial charge in [-0.25, -0.2) is 0 Å². The summed E-state index contributed by atoms with van der Waals surface area (Å²) in [5, 5.41) is 0. The molecule has 1 atom stereocenters. The molecule has 16 heavy (non-hydrogen) atoms. The van der Waals surface area contributed by atoms with Gasteiger partial charge in [0, 0.05) is 27.1 Å². The normalized spacial score (nSPS) is 28.4. The summed E-state index contributed by atoms with van der Waals surface area (Å²) in [7, 11) is 4.68. The molecule has 0 aliphatic heterocycles. The van der Waals surface area contributed by atoms with Crippen molar-refractivity contribution in [1.29, 1.82) is 0 Å². The highest BCUT2D eigenvalue weighted by Gasteiger charge is 2.55. The van der Waals surface area contributed by atoms with Crippen molar-refractivity contribution in [3.63, 3.8) is 0 Å². The predicted molar refractivity (Wildman–Crippen MR) is 59.9 cm³/mol. The molecule has 0 N–H and O–H groups in total. The topological polar surface area (TPSA) is 44.8 Å². The van der Waals surface area contributed by atoms with Gasteiger partial charge >= 0.3 is 5.97 Å². The maximum absolute atomic E-state index is 12.0. The smallest absolute Gasteiger partial charge is 0.312 e. The molecule has 0 radical (unpaired) electrons. The maximum atomic E-state index is 12.0. The van der Waals surface area contributed by atoms with Crippen molar-refractivity contribution in [1.82, 2.24) is 0 Å². The molecular formula is C12H22O4. The number of rotatable bonds is 4. The van der Waals surface area contributed by atoms with Crippen LogP contribution in [0.5, 0.6) is 0 Å². The van der Waals surface area contributed by atoms with Crippen LogP contribution in [0.1, 0.15) is 33.1 Å². The van der Waals surface area contributed by atoms with Gasteiger partial charge in [0.25, 0.3) is 0 Å². The number of carbonyl (C=O) groups excluding carboxylic acids is 1. The standard InChI is InChI=1S/C12H22O4/c1-9(2)11(10(13)14-3)6-7-12(8-11,15-4)16-5/h9H,6-8H2,1-5H3. The highest BCUT2D eigenvalue weighted by molar-refractivity contribution is 5.77. The molecule has 1 aliphatic rings. The van der Waals surface area contributed by atoms with Crippen molar-refractivity contribution >= 4 is 5.97 Å². The zero-order valence-electron chi connectivity index (χ0n) is 10.8. The summed E-state index contributed by atoms with van der Waals surface area (Å²) in [6.07, 6.45) is 2.05. The molecule has 1 aliphatic carbocycles. The lowest BCUT2D eigenvalue weighted by molar-refractivity contribution is -0.209. The fourth-order valence-corrected chi connectivity index (χ4v) is 2.61. The van der Waals surface area contributed by atoms with Crippen molar-refractivity contribution < 1.29 is 19.0 Å². The second kappa shape index (κ2) is 4.72. The summed E-state index contributed by atoms with van der Waals surface area (Å²) < 4.78 is 15.8. The third-order valence-corrected chi connectivity index (χ3v) is 3.98. The molecular weight excluding hydrogens is 208 g/mol. The fourth-order valence-electron chi connectivity index (χ4n) is 2.61. The number of carbonyl (C=O) groups is 1. The Morgan fingerprint density at radius 3 is 2.00 bits per heavy atom. The van der Waals surface area contributed by atoms with E-state index >= 15 is 0 Å². The molecule has 0 amide bonds. The summed E-state index contributed by atoms with van der Waals surface area (Å²) in [5.74, 6) is -0.566.